The zero-order valence-corrected chi connectivity index (χ0v) is 15.9. The molecule has 4 nitrogen and oxygen atoms in total. The molecule has 0 atom stereocenters. The van der Waals surface area contributed by atoms with Crippen molar-refractivity contribution in [1.82, 2.24) is 4.98 Å². The van der Waals surface area contributed by atoms with E-state index in [4.69, 9.17) is 0 Å². The number of allylic oxidation sites excluding steroid dienone is 3. The third kappa shape index (κ3) is 2.79. The first-order valence-electron chi connectivity index (χ1n) is 8.17. The molecule has 4 rings (SSSR count). The van der Waals surface area contributed by atoms with Crippen LogP contribution < -0.4 is 9.47 Å². The second kappa shape index (κ2) is 6.35. The monoisotopic (exact) mass is 368 g/mol. The average Bonchev–Trinajstić information content (AvgIpc) is 3.10. The minimum atomic E-state index is 0.00501. The smallest absolute Gasteiger partial charge is 0.335 e. The van der Waals surface area contributed by atoms with Crippen molar-refractivity contribution in [2.45, 2.75) is 30.8 Å². The Hall–Kier alpha value is -2.05. The van der Waals surface area contributed by atoms with Gasteiger partial charge >= 0.3 is 11.1 Å². The van der Waals surface area contributed by atoms with Crippen molar-refractivity contribution in [3.05, 3.63) is 63.8 Å². The molecule has 2 aromatic rings. The highest BCUT2D eigenvalue weighted by molar-refractivity contribution is 8.04. The predicted octanol–water partition coefficient (Wildman–Crippen LogP) is 4.09. The Morgan fingerprint density at radius 3 is 2.80 bits per heavy atom. The summed E-state index contributed by atoms with van der Waals surface area (Å²) in [4.78, 5) is 21.4. The molecule has 1 aromatic heterocycles. The van der Waals surface area contributed by atoms with E-state index >= 15 is 0 Å². The molecule has 0 amide bonds. The lowest BCUT2D eigenvalue weighted by Gasteiger charge is -2.17. The van der Waals surface area contributed by atoms with Crippen LogP contribution in [0.5, 0.6) is 0 Å². The maximum absolute atomic E-state index is 12.7. The number of benzene rings is 1. The summed E-state index contributed by atoms with van der Waals surface area (Å²) in [7, 11) is 0. The number of carbonyl (C=O) groups excluding carboxylic acids is 1. The number of carbonyl (C=O) groups is 1. The van der Waals surface area contributed by atoms with Crippen molar-refractivity contribution in [1.29, 1.82) is 0 Å². The molecule has 2 aliphatic rings. The molecular weight excluding hydrogens is 350 g/mol. The molecule has 0 saturated carbocycles. The number of fused-ring (bicyclic) bond motifs is 2. The van der Waals surface area contributed by atoms with E-state index in [0.717, 1.165) is 28.1 Å². The van der Waals surface area contributed by atoms with Crippen molar-refractivity contribution in [3.8, 4) is 0 Å². The van der Waals surface area contributed by atoms with Crippen LogP contribution in [0.2, 0.25) is 0 Å². The summed E-state index contributed by atoms with van der Waals surface area (Å²) in [5.41, 5.74) is 3.09. The van der Waals surface area contributed by atoms with Gasteiger partial charge in [0.05, 0.1) is 10.7 Å². The van der Waals surface area contributed by atoms with Gasteiger partial charge in [0, 0.05) is 36.2 Å². The molecule has 25 heavy (non-hydrogen) atoms. The molecular formula is C19H18N3OS2+. The van der Waals surface area contributed by atoms with Crippen LogP contribution in [-0.4, -0.2) is 17.4 Å². The zero-order valence-electron chi connectivity index (χ0n) is 14.3. The third-order valence-corrected chi connectivity index (χ3v) is 6.30. The summed E-state index contributed by atoms with van der Waals surface area (Å²) in [6, 6.07) is 10.3. The Morgan fingerprint density at radius 2 is 2.00 bits per heavy atom. The second-order valence-electron chi connectivity index (χ2n) is 5.91. The molecule has 3 heterocycles. The summed E-state index contributed by atoms with van der Waals surface area (Å²) in [5, 5.41) is 1.90. The van der Waals surface area contributed by atoms with Crippen molar-refractivity contribution in [2.24, 2.45) is 0 Å². The molecule has 0 unspecified atom stereocenters. The van der Waals surface area contributed by atoms with Crippen LogP contribution >= 0.6 is 23.5 Å². The number of rotatable bonds is 2. The summed E-state index contributed by atoms with van der Waals surface area (Å²) >= 11 is 3.18. The minimum absolute atomic E-state index is 0.00501. The van der Waals surface area contributed by atoms with Crippen LogP contribution in [0.25, 0.3) is 0 Å². The first kappa shape index (κ1) is 16.4. The molecule has 0 saturated heterocycles. The summed E-state index contributed by atoms with van der Waals surface area (Å²) in [6.07, 6.45) is 3.97. The summed E-state index contributed by atoms with van der Waals surface area (Å²) < 4.78 is 1.69. The molecule has 1 aromatic carbocycles. The standard InChI is InChI=1S/C19H18N3OS2/c1-4-21-14-7-5-6-8-15(14)24-17(21)10-9-16-18(23)22-13(3)11-12(2)20-19(22)25-16/h5-11H,4H2,1-3H3/q+1. The van der Waals surface area contributed by atoms with E-state index in [0.29, 0.717) is 4.91 Å². The normalized spacial score (nSPS) is 19.0. The van der Waals surface area contributed by atoms with Crippen LogP contribution in [0.4, 0.5) is 5.69 Å². The molecule has 0 N–H and O–H groups in total. The van der Waals surface area contributed by atoms with E-state index in [-0.39, 0.29) is 5.91 Å². The number of hydrogen-bond acceptors (Lipinski definition) is 5. The maximum Gasteiger partial charge on any atom is 0.372 e. The van der Waals surface area contributed by atoms with E-state index in [2.05, 4.69) is 41.1 Å². The number of para-hydroxylation sites is 1. The summed E-state index contributed by atoms with van der Waals surface area (Å²) in [6.45, 7) is 6.93. The SMILES string of the molecule is CCN1C(=CC=C2Sc3nc(C)cc(C)[n+]3C2=O)Sc2ccccc21. The lowest BCUT2D eigenvalue weighted by atomic mass is 10.3. The fourth-order valence-electron chi connectivity index (χ4n) is 3.07. The van der Waals surface area contributed by atoms with Crippen LogP contribution in [0.15, 0.2) is 62.5 Å². The fourth-order valence-corrected chi connectivity index (χ4v) is 5.22. The Balaban J connectivity index is 1.66. The number of hydrogen-bond donors (Lipinski definition) is 0. The highest BCUT2D eigenvalue weighted by Crippen LogP contribution is 2.45. The molecule has 0 fully saturated rings. The number of nitrogens with zero attached hydrogens (tertiary/aromatic N) is 3. The largest absolute Gasteiger partial charge is 0.372 e. The van der Waals surface area contributed by atoms with Crippen LogP contribution in [0.1, 0.15) is 23.1 Å². The second-order valence-corrected chi connectivity index (χ2v) is 7.99. The Kier molecular flexibility index (Phi) is 4.17. The molecule has 126 valence electrons. The van der Waals surface area contributed by atoms with Gasteiger partial charge in [-0.1, -0.05) is 23.9 Å². The summed E-state index contributed by atoms with van der Waals surface area (Å²) in [5.74, 6) is 0.00501. The Bertz CT molecular complexity index is 950. The van der Waals surface area contributed by atoms with Gasteiger partial charge in [-0.05, 0) is 43.1 Å². The quantitative estimate of drug-likeness (QED) is 0.453. The van der Waals surface area contributed by atoms with Gasteiger partial charge < -0.3 is 4.90 Å². The third-order valence-electron chi connectivity index (χ3n) is 4.18. The molecule has 6 heteroatoms. The Labute approximate surface area is 155 Å². The van der Waals surface area contributed by atoms with Crippen molar-refractivity contribution < 1.29 is 9.36 Å². The molecule has 0 radical (unpaired) electrons. The molecule has 0 spiro atoms. The van der Waals surface area contributed by atoms with Crippen LogP contribution in [0.3, 0.4) is 0 Å². The van der Waals surface area contributed by atoms with Crippen molar-refractivity contribution in [3.63, 3.8) is 0 Å². The number of aryl methyl sites for hydroxylation is 2. The van der Waals surface area contributed by atoms with Gasteiger partial charge in [-0.2, -0.15) is 4.57 Å². The van der Waals surface area contributed by atoms with E-state index in [1.165, 1.54) is 22.3 Å². The van der Waals surface area contributed by atoms with Crippen molar-refractivity contribution >= 4 is 35.1 Å². The maximum atomic E-state index is 12.7. The van der Waals surface area contributed by atoms with Crippen LogP contribution in [0, 0.1) is 13.8 Å². The number of thioether (sulfide) groups is 2. The van der Waals surface area contributed by atoms with Crippen molar-refractivity contribution in [2.75, 3.05) is 11.4 Å². The Morgan fingerprint density at radius 1 is 1.20 bits per heavy atom. The lowest BCUT2D eigenvalue weighted by molar-refractivity contribution is -0.619. The molecule has 2 aliphatic heterocycles. The van der Waals surface area contributed by atoms with Crippen LogP contribution in [-0.2, 0) is 0 Å². The van der Waals surface area contributed by atoms with E-state index in [1.807, 2.05) is 32.1 Å². The highest BCUT2D eigenvalue weighted by Gasteiger charge is 2.36. The van der Waals surface area contributed by atoms with Gasteiger partial charge in [0.2, 0.25) is 0 Å². The van der Waals surface area contributed by atoms with Gasteiger partial charge in [-0.15, -0.1) is 0 Å². The lowest BCUT2D eigenvalue weighted by Crippen LogP contribution is -2.44. The predicted molar refractivity (Wildman–Crippen MR) is 102 cm³/mol. The first-order valence-corrected chi connectivity index (χ1v) is 9.81. The van der Waals surface area contributed by atoms with Gasteiger partial charge in [-0.25, -0.2) is 4.79 Å². The topological polar surface area (TPSA) is 37.1 Å². The van der Waals surface area contributed by atoms with Gasteiger partial charge in [-0.3, -0.25) is 0 Å². The number of aromatic nitrogens is 2. The minimum Gasteiger partial charge on any atom is -0.335 e. The van der Waals surface area contributed by atoms with Gasteiger partial charge in [0.25, 0.3) is 0 Å². The highest BCUT2D eigenvalue weighted by atomic mass is 32.2. The first-order chi connectivity index (χ1) is 12.1. The fraction of sp³-hybridized carbons (Fsp3) is 0.211. The van der Waals surface area contributed by atoms with E-state index in [9.17, 15) is 4.79 Å². The average molecular weight is 369 g/mol. The number of anilines is 1. The molecule has 0 aliphatic carbocycles. The zero-order chi connectivity index (χ0) is 17.6. The van der Waals surface area contributed by atoms with E-state index < -0.39 is 0 Å². The van der Waals surface area contributed by atoms with Gasteiger partial charge in [0.15, 0.2) is 5.69 Å². The molecule has 0 bridgehead atoms. The van der Waals surface area contributed by atoms with E-state index in [1.54, 1.807) is 16.3 Å². The van der Waals surface area contributed by atoms with Gasteiger partial charge in [0.1, 0.15) is 10.6 Å².